The van der Waals surface area contributed by atoms with E-state index in [0.29, 0.717) is 28.6 Å². The molecular weight excluding hydrogens is 324 g/mol. The number of carbonyl (C=O) groups is 1. The highest BCUT2D eigenvalue weighted by Crippen LogP contribution is 2.25. The molecule has 5 heteroatoms. The van der Waals surface area contributed by atoms with Crippen molar-refractivity contribution in [2.24, 2.45) is 0 Å². The molecule has 0 unspecified atom stereocenters. The monoisotopic (exact) mass is 340 g/mol. The van der Waals surface area contributed by atoms with Crippen LogP contribution in [0.5, 0.6) is 5.75 Å². The van der Waals surface area contributed by atoms with Crippen molar-refractivity contribution in [2.45, 2.75) is 13.8 Å². The predicted octanol–water partition coefficient (Wildman–Crippen LogP) is 4.59. The fourth-order valence-electron chi connectivity index (χ4n) is 2.14. The second-order valence-electron chi connectivity index (χ2n) is 5.11. The first-order valence-corrected chi connectivity index (χ1v) is 7.83. The first-order valence-electron chi connectivity index (χ1n) is 7.45. The van der Waals surface area contributed by atoms with Gasteiger partial charge in [0.15, 0.2) is 0 Å². The van der Waals surface area contributed by atoms with Gasteiger partial charge in [-0.25, -0.2) is 0 Å². The molecule has 1 N–H and O–H groups in total. The molecule has 0 aliphatic heterocycles. The second kappa shape index (κ2) is 8.19. The molecule has 0 heterocycles. The Hall–Kier alpha value is -2.77. The number of benzene rings is 2. The van der Waals surface area contributed by atoms with Gasteiger partial charge in [0.1, 0.15) is 17.4 Å². The van der Waals surface area contributed by atoms with Crippen LogP contribution in [-0.4, -0.2) is 12.5 Å². The smallest absolute Gasteiger partial charge is 0.266 e. The predicted molar refractivity (Wildman–Crippen MR) is 96.0 cm³/mol. The zero-order valence-electron chi connectivity index (χ0n) is 13.5. The van der Waals surface area contributed by atoms with E-state index in [-0.39, 0.29) is 5.57 Å². The van der Waals surface area contributed by atoms with E-state index in [4.69, 9.17) is 16.3 Å². The maximum Gasteiger partial charge on any atom is 0.266 e. The third kappa shape index (κ3) is 4.61. The minimum Gasteiger partial charge on any atom is -0.493 e. The van der Waals surface area contributed by atoms with Crippen molar-refractivity contribution in [1.29, 1.82) is 5.26 Å². The third-order valence-corrected chi connectivity index (χ3v) is 3.45. The Labute approximate surface area is 146 Å². The number of anilines is 1. The lowest BCUT2D eigenvalue weighted by molar-refractivity contribution is -0.112. The number of nitrogens with one attached hydrogen (secondary N) is 1. The summed E-state index contributed by atoms with van der Waals surface area (Å²) < 4.78 is 5.51. The molecule has 0 atom stereocenters. The summed E-state index contributed by atoms with van der Waals surface area (Å²) in [7, 11) is 0. The van der Waals surface area contributed by atoms with E-state index in [1.807, 2.05) is 38.1 Å². The van der Waals surface area contributed by atoms with Gasteiger partial charge < -0.3 is 10.1 Å². The Kier molecular flexibility index (Phi) is 6.00. The van der Waals surface area contributed by atoms with E-state index in [1.54, 1.807) is 24.3 Å². The van der Waals surface area contributed by atoms with E-state index >= 15 is 0 Å². The molecule has 24 heavy (non-hydrogen) atoms. The molecule has 0 saturated heterocycles. The van der Waals surface area contributed by atoms with Crippen LogP contribution in [0.3, 0.4) is 0 Å². The number of halogens is 1. The van der Waals surface area contributed by atoms with Crippen LogP contribution in [0, 0.1) is 18.3 Å². The van der Waals surface area contributed by atoms with Gasteiger partial charge in [-0.05, 0) is 55.8 Å². The lowest BCUT2D eigenvalue weighted by atomic mass is 10.1. The summed E-state index contributed by atoms with van der Waals surface area (Å²) in [5, 5.41) is 12.5. The van der Waals surface area contributed by atoms with Crippen LogP contribution >= 0.6 is 11.6 Å². The molecule has 0 aliphatic rings. The molecule has 0 spiro atoms. The summed E-state index contributed by atoms with van der Waals surface area (Å²) in [6, 6.07) is 14.4. The van der Waals surface area contributed by atoms with Crippen LogP contribution in [0.25, 0.3) is 6.08 Å². The Morgan fingerprint density at radius 3 is 2.79 bits per heavy atom. The van der Waals surface area contributed by atoms with Crippen LogP contribution in [0.1, 0.15) is 18.1 Å². The maximum atomic E-state index is 12.3. The van der Waals surface area contributed by atoms with E-state index in [2.05, 4.69) is 5.32 Å². The molecule has 0 fully saturated rings. The van der Waals surface area contributed by atoms with Crippen molar-refractivity contribution >= 4 is 29.3 Å². The minimum absolute atomic E-state index is 0.0280. The average molecular weight is 341 g/mol. The van der Waals surface area contributed by atoms with E-state index in [1.165, 1.54) is 6.08 Å². The Balaban J connectivity index is 2.30. The van der Waals surface area contributed by atoms with Crippen LogP contribution in [0.4, 0.5) is 5.69 Å². The van der Waals surface area contributed by atoms with Gasteiger partial charge in [0.05, 0.1) is 6.61 Å². The number of nitriles is 1. The Morgan fingerprint density at radius 2 is 2.12 bits per heavy atom. The van der Waals surface area contributed by atoms with Gasteiger partial charge in [-0.3, -0.25) is 4.79 Å². The fraction of sp³-hybridized carbons (Fsp3) is 0.158. The van der Waals surface area contributed by atoms with Crippen molar-refractivity contribution in [2.75, 3.05) is 11.9 Å². The Bertz CT molecular complexity index is 822. The molecule has 0 aliphatic carbocycles. The van der Waals surface area contributed by atoms with Crippen LogP contribution in [-0.2, 0) is 4.79 Å². The van der Waals surface area contributed by atoms with Gasteiger partial charge in [-0.1, -0.05) is 23.7 Å². The molecule has 2 aromatic carbocycles. The SMILES string of the molecule is CCOc1ccc(Cl)cc1/C=C(\C#N)C(=O)Nc1cccc(C)c1. The molecule has 0 bridgehead atoms. The van der Waals surface area contributed by atoms with E-state index in [9.17, 15) is 10.1 Å². The zero-order chi connectivity index (χ0) is 17.5. The molecule has 2 rings (SSSR count). The standard InChI is InChI=1S/C19H17ClN2O2/c1-3-24-18-8-7-16(20)11-14(18)10-15(12-21)19(23)22-17-6-4-5-13(2)9-17/h4-11H,3H2,1-2H3,(H,22,23)/b15-10+. The highest BCUT2D eigenvalue weighted by atomic mass is 35.5. The highest BCUT2D eigenvalue weighted by molar-refractivity contribution is 6.30. The Morgan fingerprint density at radius 1 is 1.33 bits per heavy atom. The summed E-state index contributed by atoms with van der Waals surface area (Å²) in [4.78, 5) is 12.3. The molecular formula is C19H17ClN2O2. The van der Waals surface area contributed by atoms with Gasteiger partial charge in [-0.2, -0.15) is 5.26 Å². The first-order chi connectivity index (χ1) is 11.5. The molecule has 4 nitrogen and oxygen atoms in total. The van der Waals surface area contributed by atoms with Gasteiger partial charge >= 0.3 is 0 Å². The fourth-order valence-corrected chi connectivity index (χ4v) is 2.32. The average Bonchev–Trinajstić information content (AvgIpc) is 2.55. The van der Waals surface area contributed by atoms with Crippen LogP contribution < -0.4 is 10.1 Å². The largest absolute Gasteiger partial charge is 0.493 e. The van der Waals surface area contributed by atoms with Gasteiger partial charge in [0.2, 0.25) is 0 Å². The first kappa shape index (κ1) is 17.6. The number of ether oxygens (including phenoxy) is 1. The quantitative estimate of drug-likeness (QED) is 0.639. The summed E-state index contributed by atoms with van der Waals surface area (Å²) >= 11 is 6.00. The van der Waals surface area contributed by atoms with Crippen molar-refractivity contribution in [1.82, 2.24) is 0 Å². The van der Waals surface area contributed by atoms with Crippen molar-refractivity contribution in [3.63, 3.8) is 0 Å². The number of amides is 1. The topological polar surface area (TPSA) is 62.1 Å². The second-order valence-corrected chi connectivity index (χ2v) is 5.55. The normalized spacial score (nSPS) is 10.8. The number of rotatable bonds is 5. The molecule has 0 aromatic heterocycles. The van der Waals surface area contributed by atoms with Crippen molar-refractivity contribution in [3.8, 4) is 11.8 Å². The summed E-state index contributed by atoms with van der Waals surface area (Å²) in [5.74, 6) is 0.0866. The lowest BCUT2D eigenvalue weighted by Crippen LogP contribution is -2.13. The zero-order valence-corrected chi connectivity index (χ0v) is 14.2. The summed E-state index contributed by atoms with van der Waals surface area (Å²) in [6.07, 6.45) is 1.47. The number of aryl methyl sites for hydroxylation is 1. The molecule has 0 radical (unpaired) electrons. The summed E-state index contributed by atoms with van der Waals surface area (Å²) in [5.41, 5.74) is 2.21. The van der Waals surface area contributed by atoms with Gasteiger partial charge in [-0.15, -0.1) is 0 Å². The van der Waals surface area contributed by atoms with Crippen LogP contribution in [0.15, 0.2) is 48.0 Å². The van der Waals surface area contributed by atoms with Crippen LogP contribution in [0.2, 0.25) is 5.02 Å². The number of hydrogen-bond acceptors (Lipinski definition) is 3. The van der Waals surface area contributed by atoms with Gasteiger partial charge in [0.25, 0.3) is 5.91 Å². The molecule has 2 aromatic rings. The molecule has 1 amide bonds. The lowest BCUT2D eigenvalue weighted by Gasteiger charge is -2.09. The maximum absolute atomic E-state index is 12.3. The molecule has 0 saturated carbocycles. The minimum atomic E-state index is -0.481. The van der Waals surface area contributed by atoms with Crippen molar-refractivity contribution in [3.05, 3.63) is 64.2 Å². The number of nitrogens with zero attached hydrogens (tertiary/aromatic N) is 1. The number of carbonyl (C=O) groups excluding carboxylic acids is 1. The van der Waals surface area contributed by atoms with E-state index < -0.39 is 5.91 Å². The summed E-state index contributed by atoms with van der Waals surface area (Å²) in [6.45, 7) is 4.26. The molecule has 122 valence electrons. The van der Waals surface area contributed by atoms with Gasteiger partial charge in [0, 0.05) is 16.3 Å². The number of hydrogen-bond donors (Lipinski definition) is 1. The van der Waals surface area contributed by atoms with Crippen molar-refractivity contribution < 1.29 is 9.53 Å². The van der Waals surface area contributed by atoms with E-state index in [0.717, 1.165) is 5.56 Å². The third-order valence-electron chi connectivity index (χ3n) is 3.21. The highest BCUT2D eigenvalue weighted by Gasteiger charge is 2.12.